The van der Waals surface area contributed by atoms with Gasteiger partial charge in [-0.05, 0) is 44.0 Å². The van der Waals surface area contributed by atoms with Crippen LogP contribution in [0.5, 0.6) is 0 Å². The van der Waals surface area contributed by atoms with Gasteiger partial charge in [-0.1, -0.05) is 18.5 Å². The quantitative estimate of drug-likeness (QED) is 0.867. The predicted octanol–water partition coefficient (Wildman–Crippen LogP) is 1.77. The van der Waals surface area contributed by atoms with Crippen molar-refractivity contribution in [1.29, 1.82) is 0 Å². The third-order valence-electron chi connectivity index (χ3n) is 5.07. The number of likely N-dealkylation sites (tertiary alicyclic amines) is 1. The maximum absolute atomic E-state index is 12.5. The van der Waals surface area contributed by atoms with Crippen LogP contribution in [-0.2, 0) is 9.59 Å². The Hall–Kier alpha value is -1.66. The van der Waals surface area contributed by atoms with E-state index >= 15 is 0 Å². The Balaban J connectivity index is 1.48. The van der Waals surface area contributed by atoms with Crippen LogP contribution in [0.25, 0.3) is 0 Å². The molecule has 130 valence electrons. The summed E-state index contributed by atoms with van der Waals surface area (Å²) in [5.74, 6) is 1.14. The first-order chi connectivity index (χ1) is 11.5. The normalized spacial score (nSPS) is 20.3. The summed E-state index contributed by atoms with van der Waals surface area (Å²) in [5, 5.41) is 6.57. The van der Waals surface area contributed by atoms with Crippen molar-refractivity contribution in [2.75, 3.05) is 31.5 Å². The van der Waals surface area contributed by atoms with Gasteiger partial charge in [-0.3, -0.25) is 9.59 Å². The van der Waals surface area contributed by atoms with E-state index in [0.29, 0.717) is 42.7 Å². The minimum absolute atomic E-state index is 0.0341. The Morgan fingerprint density at radius 3 is 2.58 bits per heavy atom. The first kappa shape index (κ1) is 17.2. The van der Waals surface area contributed by atoms with Gasteiger partial charge in [0.25, 0.3) is 0 Å². The van der Waals surface area contributed by atoms with Crippen LogP contribution in [0.2, 0.25) is 5.02 Å². The zero-order chi connectivity index (χ0) is 17.1. The second-order valence-corrected chi connectivity index (χ2v) is 7.09. The minimum Gasteiger partial charge on any atom is -0.342 e. The van der Waals surface area contributed by atoms with Gasteiger partial charge in [-0.2, -0.15) is 0 Å². The van der Waals surface area contributed by atoms with Gasteiger partial charge < -0.3 is 15.5 Å². The molecule has 0 bridgehead atoms. The van der Waals surface area contributed by atoms with Crippen LogP contribution < -0.4 is 10.6 Å². The van der Waals surface area contributed by atoms with Crippen molar-refractivity contribution in [3.8, 4) is 0 Å². The highest BCUT2D eigenvalue weighted by molar-refractivity contribution is 6.30. The molecule has 3 rings (SSSR count). The molecule has 0 saturated carbocycles. The Labute approximate surface area is 147 Å². The molecule has 2 amide bonds. The van der Waals surface area contributed by atoms with Crippen LogP contribution in [0.1, 0.15) is 19.8 Å². The third-order valence-corrected chi connectivity index (χ3v) is 5.29. The molecule has 6 nitrogen and oxygen atoms in total. The number of hydrogen-bond acceptors (Lipinski definition) is 4. The highest BCUT2D eigenvalue weighted by Gasteiger charge is 2.34. The van der Waals surface area contributed by atoms with E-state index in [9.17, 15) is 9.59 Å². The van der Waals surface area contributed by atoms with Gasteiger partial charge in [0.1, 0.15) is 5.82 Å². The van der Waals surface area contributed by atoms with Gasteiger partial charge in [-0.25, -0.2) is 4.98 Å². The van der Waals surface area contributed by atoms with E-state index in [-0.39, 0.29) is 23.7 Å². The average molecular weight is 351 g/mol. The van der Waals surface area contributed by atoms with Crippen LogP contribution in [-0.4, -0.2) is 47.9 Å². The van der Waals surface area contributed by atoms with Gasteiger partial charge in [-0.15, -0.1) is 0 Å². The lowest BCUT2D eigenvalue weighted by Crippen LogP contribution is -2.52. The summed E-state index contributed by atoms with van der Waals surface area (Å²) in [6, 6.07) is 3.38. The first-order valence-electron chi connectivity index (χ1n) is 8.46. The lowest BCUT2D eigenvalue weighted by atomic mass is 9.87. The summed E-state index contributed by atoms with van der Waals surface area (Å²) in [6.07, 6.45) is 2.90. The number of amides is 2. The highest BCUT2D eigenvalue weighted by atomic mass is 35.5. The molecule has 2 saturated heterocycles. The summed E-state index contributed by atoms with van der Waals surface area (Å²) < 4.78 is 0. The number of aromatic nitrogens is 1. The number of piperidine rings is 1. The van der Waals surface area contributed by atoms with E-state index in [4.69, 9.17) is 11.6 Å². The van der Waals surface area contributed by atoms with Crippen molar-refractivity contribution in [1.82, 2.24) is 15.2 Å². The molecule has 0 spiro atoms. The Morgan fingerprint density at radius 2 is 2.04 bits per heavy atom. The molecule has 1 unspecified atom stereocenters. The van der Waals surface area contributed by atoms with Crippen molar-refractivity contribution in [3.05, 3.63) is 23.4 Å². The summed E-state index contributed by atoms with van der Waals surface area (Å²) in [7, 11) is 0. The van der Waals surface area contributed by atoms with Gasteiger partial charge in [0.2, 0.25) is 11.8 Å². The van der Waals surface area contributed by atoms with Crippen molar-refractivity contribution in [3.63, 3.8) is 0 Å². The van der Waals surface area contributed by atoms with E-state index < -0.39 is 0 Å². The molecule has 0 radical (unpaired) electrons. The molecule has 1 atom stereocenters. The van der Waals surface area contributed by atoms with Crippen LogP contribution in [0, 0.1) is 17.8 Å². The molecule has 2 fully saturated rings. The fourth-order valence-electron chi connectivity index (χ4n) is 3.19. The number of anilines is 1. The molecule has 1 aromatic rings. The number of pyridine rings is 1. The predicted molar refractivity (Wildman–Crippen MR) is 92.7 cm³/mol. The molecule has 0 aromatic carbocycles. The second-order valence-electron chi connectivity index (χ2n) is 6.66. The van der Waals surface area contributed by atoms with Crippen LogP contribution >= 0.6 is 11.6 Å². The molecule has 1 aromatic heterocycles. The lowest BCUT2D eigenvalue weighted by molar-refractivity contribution is -0.140. The fourth-order valence-corrected chi connectivity index (χ4v) is 3.31. The smallest absolute Gasteiger partial charge is 0.228 e. The zero-order valence-corrected chi connectivity index (χ0v) is 14.6. The Kier molecular flexibility index (Phi) is 5.36. The van der Waals surface area contributed by atoms with E-state index in [1.807, 2.05) is 11.8 Å². The van der Waals surface area contributed by atoms with Crippen molar-refractivity contribution in [2.45, 2.75) is 19.8 Å². The maximum atomic E-state index is 12.5. The summed E-state index contributed by atoms with van der Waals surface area (Å²) in [6.45, 7) is 5.17. The van der Waals surface area contributed by atoms with E-state index in [1.165, 1.54) is 6.20 Å². The number of rotatable bonds is 4. The summed E-state index contributed by atoms with van der Waals surface area (Å²) >= 11 is 5.79. The monoisotopic (exact) mass is 350 g/mol. The maximum Gasteiger partial charge on any atom is 0.228 e. The molecular formula is C17H23ClN4O2. The van der Waals surface area contributed by atoms with Crippen LogP contribution in [0.3, 0.4) is 0 Å². The van der Waals surface area contributed by atoms with E-state index in [2.05, 4.69) is 15.6 Å². The number of halogens is 1. The second kappa shape index (κ2) is 7.49. The largest absolute Gasteiger partial charge is 0.342 e. The zero-order valence-electron chi connectivity index (χ0n) is 13.8. The number of hydrogen-bond donors (Lipinski definition) is 2. The highest BCUT2D eigenvalue weighted by Crippen LogP contribution is 2.24. The first-order valence-corrected chi connectivity index (χ1v) is 8.84. The van der Waals surface area contributed by atoms with Crippen LogP contribution in [0.15, 0.2) is 18.3 Å². The summed E-state index contributed by atoms with van der Waals surface area (Å²) in [5.41, 5.74) is 0. The minimum atomic E-state index is -0.0767. The average Bonchev–Trinajstić information content (AvgIpc) is 2.55. The number of carbonyl (C=O) groups excluding carboxylic acids is 2. The molecular weight excluding hydrogens is 328 g/mol. The van der Waals surface area contributed by atoms with Gasteiger partial charge in [0.05, 0.1) is 5.02 Å². The van der Waals surface area contributed by atoms with Crippen molar-refractivity contribution >= 4 is 29.2 Å². The van der Waals surface area contributed by atoms with E-state index in [0.717, 1.165) is 13.1 Å². The lowest BCUT2D eigenvalue weighted by Gasteiger charge is -2.37. The Bertz CT molecular complexity index is 595. The number of nitrogens with one attached hydrogen (secondary N) is 2. The number of carbonyl (C=O) groups is 2. The molecule has 3 heterocycles. The number of nitrogens with zero attached hydrogens (tertiary/aromatic N) is 2. The fraction of sp³-hybridized carbons (Fsp3) is 0.588. The molecule has 0 aliphatic carbocycles. The summed E-state index contributed by atoms with van der Waals surface area (Å²) in [4.78, 5) is 30.8. The Morgan fingerprint density at radius 1 is 1.33 bits per heavy atom. The van der Waals surface area contributed by atoms with Crippen molar-refractivity contribution < 1.29 is 9.59 Å². The van der Waals surface area contributed by atoms with Crippen molar-refractivity contribution in [2.24, 2.45) is 17.8 Å². The van der Waals surface area contributed by atoms with Crippen LogP contribution in [0.4, 0.5) is 5.82 Å². The van der Waals surface area contributed by atoms with Gasteiger partial charge in [0.15, 0.2) is 0 Å². The third kappa shape index (κ3) is 3.87. The molecule has 2 aliphatic heterocycles. The SMILES string of the molecule is CC(C(=O)N1CCC(C(=O)Nc2ccc(Cl)cn2)CC1)C1CNC1. The van der Waals surface area contributed by atoms with E-state index in [1.54, 1.807) is 12.1 Å². The molecule has 7 heteroatoms. The molecule has 24 heavy (non-hydrogen) atoms. The molecule has 2 N–H and O–H groups in total. The van der Waals surface area contributed by atoms with Gasteiger partial charge in [0, 0.05) is 31.1 Å². The molecule has 2 aliphatic rings. The standard InChI is InChI=1S/C17H23ClN4O2/c1-11(13-8-19-9-13)17(24)22-6-4-12(5-7-22)16(23)21-15-3-2-14(18)10-20-15/h2-3,10-13,19H,4-9H2,1H3,(H,20,21,23). The topological polar surface area (TPSA) is 74.3 Å². The van der Waals surface area contributed by atoms with Gasteiger partial charge >= 0.3 is 0 Å².